The zero-order chi connectivity index (χ0) is 45.3. The predicted molar refractivity (Wildman–Crippen MR) is 257 cm³/mol. The van der Waals surface area contributed by atoms with Gasteiger partial charge >= 0.3 is 0 Å². The highest BCUT2D eigenvalue weighted by Crippen LogP contribution is 2.24. The lowest BCUT2D eigenvalue weighted by molar-refractivity contribution is -0.112. The maximum Gasteiger partial charge on any atom is 0.123 e. The number of hydrogen-bond acceptors (Lipinski definition) is 11. The van der Waals surface area contributed by atoms with Crippen LogP contribution in [0.3, 0.4) is 0 Å². The molecule has 6 aromatic rings. The minimum atomic E-state index is -0.243. The zero-order valence-electron chi connectivity index (χ0n) is 37.5. The molecule has 2 fully saturated rings. The molecule has 2 saturated heterocycles. The van der Waals surface area contributed by atoms with Crippen LogP contribution < -0.4 is 20.5 Å². The molecule has 5 N–H and O–H groups in total. The lowest BCUT2D eigenvalue weighted by Gasteiger charge is -2.33. The Morgan fingerprint density at radius 2 is 1.11 bits per heavy atom. The molecule has 2 aliphatic heterocycles. The van der Waals surface area contributed by atoms with Gasteiger partial charge in [0.25, 0.3) is 0 Å². The number of pyridine rings is 2. The van der Waals surface area contributed by atoms with Crippen molar-refractivity contribution in [1.82, 2.24) is 25.1 Å². The second-order valence-corrected chi connectivity index (χ2v) is 16.6. The number of carbonyl (C=O) groups excluding carboxylic acids is 1. The van der Waals surface area contributed by atoms with Crippen molar-refractivity contribution >= 4 is 6.29 Å². The van der Waals surface area contributed by atoms with Crippen LogP contribution in [0.25, 0.3) is 0 Å². The van der Waals surface area contributed by atoms with Gasteiger partial charge in [-0.15, -0.1) is 0 Å². The number of ether oxygens (including phenoxy) is 2. The van der Waals surface area contributed by atoms with Gasteiger partial charge in [-0.2, -0.15) is 0 Å². The van der Waals surface area contributed by atoms with Crippen molar-refractivity contribution in [3.05, 3.63) is 192 Å². The number of benzene rings is 4. The quantitative estimate of drug-likeness (QED) is 0.0632. The van der Waals surface area contributed by atoms with Crippen molar-refractivity contribution < 1.29 is 24.5 Å². The van der Waals surface area contributed by atoms with E-state index < -0.39 is 0 Å². The molecule has 2 atom stereocenters. The smallest absolute Gasteiger partial charge is 0.123 e. The molecule has 11 heteroatoms. The van der Waals surface area contributed by atoms with Crippen LogP contribution in [-0.4, -0.2) is 95.3 Å². The second-order valence-electron chi connectivity index (χ2n) is 16.6. The first-order chi connectivity index (χ1) is 32.0. The number of aliphatic hydroxyl groups excluding tert-OH is 2. The third kappa shape index (κ3) is 16.6. The summed E-state index contributed by atoms with van der Waals surface area (Å²) in [4.78, 5) is 24.3. The van der Waals surface area contributed by atoms with Gasteiger partial charge in [-0.25, -0.2) is 0 Å². The van der Waals surface area contributed by atoms with E-state index in [9.17, 15) is 9.90 Å². The summed E-state index contributed by atoms with van der Waals surface area (Å²) in [6.45, 7) is 8.66. The fraction of sp³-hybridized carbons (Fsp3) is 0.352. The van der Waals surface area contributed by atoms with Gasteiger partial charge < -0.3 is 35.5 Å². The number of nitrogens with two attached hydrogens (primary N) is 1. The highest BCUT2D eigenvalue weighted by Gasteiger charge is 2.22. The number of nitrogens with zero attached hydrogens (tertiary/aromatic N) is 4. The molecule has 2 unspecified atom stereocenters. The number of para-hydroxylation sites is 2. The van der Waals surface area contributed by atoms with Gasteiger partial charge in [-0.05, 0) is 135 Å². The third-order valence-corrected chi connectivity index (χ3v) is 11.9. The van der Waals surface area contributed by atoms with E-state index in [1.807, 2.05) is 134 Å². The molecule has 2 aliphatic rings. The maximum absolute atomic E-state index is 10.6. The molecule has 4 aromatic carbocycles. The van der Waals surface area contributed by atoms with E-state index in [0.29, 0.717) is 5.92 Å². The third-order valence-electron chi connectivity index (χ3n) is 11.9. The highest BCUT2D eigenvalue weighted by atomic mass is 16.5. The van der Waals surface area contributed by atoms with Crippen LogP contribution in [-0.2, 0) is 18.0 Å². The van der Waals surface area contributed by atoms with Crippen LogP contribution in [0.4, 0.5) is 0 Å². The van der Waals surface area contributed by atoms with Crippen LogP contribution in [0, 0.1) is 11.8 Å². The Bertz CT molecular complexity index is 2190. The number of hydrogen-bond donors (Lipinski definition) is 4. The summed E-state index contributed by atoms with van der Waals surface area (Å²) in [5.41, 5.74) is 11.8. The molecule has 342 valence electrons. The lowest BCUT2D eigenvalue weighted by atomic mass is 9.95. The molecule has 0 amide bonds. The van der Waals surface area contributed by atoms with Crippen molar-refractivity contribution in [2.45, 2.75) is 51.0 Å². The molecule has 65 heavy (non-hydrogen) atoms. The van der Waals surface area contributed by atoms with E-state index in [4.69, 9.17) is 20.3 Å². The second kappa shape index (κ2) is 27.5. The number of aldehydes is 1. The van der Waals surface area contributed by atoms with Gasteiger partial charge in [-0.3, -0.25) is 19.8 Å². The number of piperidine rings is 2. The molecule has 2 aromatic heterocycles. The van der Waals surface area contributed by atoms with Crippen molar-refractivity contribution in [3.63, 3.8) is 0 Å². The first kappa shape index (κ1) is 48.7. The fourth-order valence-electron chi connectivity index (χ4n) is 8.06. The molecule has 8 rings (SSSR count). The topological polar surface area (TPSA) is 146 Å². The van der Waals surface area contributed by atoms with Gasteiger partial charge in [0.2, 0.25) is 0 Å². The van der Waals surface area contributed by atoms with Crippen LogP contribution in [0.2, 0.25) is 0 Å². The number of aliphatic hydroxyl groups is 2. The Kier molecular flexibility index (Phi) is 20.6. The van der Waals surface area contributed by atoms with Crippen LogP contribution in [0.15, 0.2) is 158 Å². The van der Waals surface area contributed by atoms with E-state index in [-0.39, 0.29) is 31.2 Å². The maximum atomic E-state index is 10.6. The van der Waals surface area contributed by atoms with Gasteiger partial charge in [0.05, 0.1) is 36.7 Å². The largest absolute Gasteiger partial charge is 0.492 e. The minimum absolute atomic E-state index is 0.0278. The number of aromatic nitrogens is 2. The average molecular weight is 879 g/mol. The molecule has 0 saturated carbocycles. The average Bonchev–Trinajstić information content (AvgIpc) is 3.38. The van der Waals surface area contributed by atoms with E-state index in [2.05, 4.69) is 43.3 Å². The molecule has 11 nitrogen and oxygen atoms in total. The van der Waals surface area contributed by atoms with Crippen molar-refractivity contribution in [1.29, 1.82) is 0 Å². The SMILES string of the molecule is NC(c1cccc(CO)c1)c1ccccn1.O=CC1CCN(CCOc2ccccc2)CC1.OCc1cccc(C(NCC2CCN(CCOc3ccccc3)CC2)c2ccccn2)c1. The number of nitrogens with one attached hydrogen (secondary N) is 1. The normalized spacial score (nSPS) is 15.6. The molecule has 4 heterocycles. The molecule has 0 spiro atoms. The van der Waals surface area contributed by atoms with E-state index in [0.717, 1.165) is 123 Å². The molecular weight excluding hydrogens is 813 g/mol. The standard InChI is InChI=1S/C27H33N3O2.C14H19NO2.C13H14N2O/c31-21-23-7-6-8-24(19-23)27(26-11-4-5-14-28-26)29-20-22-12-15-30(16-13-22)17-18-32-25-9-2-1-3-10-25;16-12-13-6-8-15(9-7-13)10-11-17-14-4-2-1-3-5-14;14-13(12-6-1-2-7-15-12)11-5-3-4-10(8-11)9-16/h1-11,14,19,22,27,29,31H,12-13,15-18,20-21H2;1-5,12-13H,6-11H2;1-8,13,16H,9,14H2. The van der Waals surface area contributed by atoms with E-state index in [1.165, 1.54) is 12.8 Å². The monoisotopic (exact) mass is 879 g/mol. The fourth-order valence-corrected chi connectivity index (χ4v) is 8.06. The van der Waals surface area contributed by atoms with Gasteiger partial charge in [-0.1, -0.05) is 97.1 Å². The number of likely N-dealkylation sites (tertiary alicyclic amines) is 2. The van der Waals surface area contributed by atoms with Crippen molar-refractivity contribution in [2.75, 3.05) is 59.0 Å². The highest BCUT2D eigenvalue weighted by molar-refractivity contribution is 5.53. The zero-order valence-corrected chi connectivity index (χ0v) is 37.5. The van der Waals surface area contributed by atoms with Gasteiger partial charge in [0.15, 0.2) is 0 Å². The molecule has 0 bridgehead atoms. The Balaban J connectivity index is 0.000000178. The predicted octanol–water partition coefficient (Wildman–Crippen LogP) is 7.64. The van der Waals surface area contributed by atoms with Gasteiger partial charge in [0.1, 0.15) is 31.0 Å². The summed E-state index contributed by atoms with van der Waals surface area (Å²) in [6.07, 6.45) is 9.02. The van der Waals surface area contributed by atoms with Crippen molar-refractivity contribution in [3.8, 4) is 11.5 Å². The van der Waals surface area contributed by atoms with Crippen molar-refractivity contribution in [2.24, 2.45) is 17.6 Å². The Labute approximate surface area is 385 Å². The molecule has 0 radical (unpaired) electrons. The summed E-state index contributed by atoms with van der Waals surface area (Å²) < 4.78 is 11.5. The minimum Gasteiger partial charge on any atom is -0.492 e. The lowest BCUT2D eigenvalue weighted by Crippen LogP contribution is -2.40. The first-order valence-electron chi connectivity index (χ1n) is 23.0. The molecule has 0 aliphatic carbocycles. The Hall–Kier alpha value is -5.79. The van der Waals surface area contributed by atoms with Gasteiger partial charge in [0, 0.05) is 31.4 Å². The Morgan fingerprint density at radius 3 is 1.62 bits per heavy atom. The summed E-state index contributed by atoms with van der Waals surface area (Å²) in [6, 6.07) is 47.2. The molecular formula is C54H66N6O5. The number of carbonyl (C=O) groups is 1. The van der Waals surface area contributed by atoms with E-state index in [1.54, 1.807) is 6.20 Å². The van der Waals surface area contributed by atoms with Crippen LogP contribution in [0.1, 0.15) is 71.4 Å². The summed E-state index contributed by atoms with van der Waals surface area (Å²) in [7, 11) is 0. The van der Waals surface area contributed by atoms with Crippen LogP contribution >= 0.6 is 0 Å². The summed E-state index contributed by atoms with van der Waals surface area (Å²) in [5.74, 6) is 2.79. The van der Waals surface area contributed by atoms with Crippen LogP contribution in [0.5, 0.6) is 11.5 Å². The first-order valence-corrected chi connectivity index (χ1v) is 23.0. The van der Waals surface area contributed by atoms with E-state index >= 15 is 0 Å². The summed E-state index contributed by atoms with van der Waals surface area (Å²) in [5, 5.41) is 22.4. The number of rotatable bonds is 18. The Morgan fingerprint density at radius 1 is 0.615 bits per heavy atom. The summed E-state index contributed by atoms with van der Waals surface area (Å²) >= 11 is 0.